The Bertz CT molecular complexity index is 882. The van der Waals surface area contributed by atoms with Gasteiger partial charge in [0, 0.05) is 12.7 Å². The fraction of sp³-hybridized carbons (Fsp3) is 0.250. The van der Waals surface area contributed by atoms with Crippen LogP contribution in [0.25, 0.3) is 10.7 Å². The zero-order chi connectivity index (χ0) is 19.1. The summed E-state index contributed by atoms with van der Waals surface area (Å²) in [5.74, 6) is 0.240. The lowest BCUT2D eigenvalue weighted by Crippen LogP contribution is -2.24. The van der Waals surface area contributed by atoms with E-state index < -0.39 is 0 Å². The minimum absolute atomic E-state index is 0.119. The largest absolute Gasteiger partial charge is 0.494 e. The van der Waals surface area contributed by atoms with Crippen LogP contribution in [0, 0.1) is 12.7 Å². The highest BCUT2D eigenvalue weighted by Gasteiger charge is 2.16. The number of nitrogens with one attached hydrogen (secondary N) is 1. The number of aromatic nitrogens is 2. The van der Waals surface area contributed by atoms with Crippen LogP contribution in [0.3, 0.4) is 0 Å². The summed E-state index contributed by atoms with van der Waals surface area (Å²) in [6.07, 6.45) is 3.29. The second-order valence-electron chi connectivity index (χ2n) is 5.91. The number of nitrogens with zero attached hydrogens (tertiary/aromatic N) is 2. The van der Waals surface area contributed by atoms with E-state index in [4.69, 9.17) is 4.74 Å². The number of rotatable bonds is 8. The van der Waals surface area contributed by atoms with Gasteiger partial charge in [-0.15, -0.1) is 11.3 Å². The van der Waals surface area contributed by atoms with Gasteiger partial charge < -0.3 is 10.1 Å². The summed E-state index contributed by atoms with van der Waals surface area (Å²) in [5.41, 5.74) is 1.47. The number of aryl methyl sites for hydroxylation is 1. The van der Waals surface area contributed by atoms with Crippen molar-refractivity contribution in [1.82, 2.24) is 15.3 Å². The molecule has 0 aliphatic heterocycles. The van der Waals surface area contributed by atoms with Gasteiger partial charge in [-0.1, -0.05) is 6.07 Å². The number of carbonyl (C=O) groups is 1. The van der Waals surface area contributed by atoms with Crippen LogP contribution in [0.4, 0.5) is 4.39 Å². The molecule has 0 unspecified atom stereocenters. The minimum atomic E-state index is -0.283. The van der Waals surface area contributed by atoms with E-state index >= 15 is 0 Å². The van der Waals surface area contributed by atoms with E-state index in [1.807, 2.05) is 25.1 Å². The Balaban J connectivity index is 1.42. The van der Waals surface area contributed by atoms with Gasteiger partial charge in [-0.2, -0.15) is 0 Å². The molecule has 5 nitrogen and oxygen atoms in total. The lowest BCUT2D eigenvalue weighted by Gasteiger charge is -2.07. The van der Waals surface area contributed by atoms with Crippen molar-refractivity contribution < 1.29 is 13.9 Å². The molecule has 2 heterocycles. The molecule has 0 saturated heterocycles. The first-order chi connectivity index (χ1) is 13.1. The molecule has 0 saturated carbocycles. The summed E-state index contributed by atoms with van der Waals surface area (Å²) in [5, 5.41) is 3.66. The number of unbranched alkanes of at least 4 members (excludes halogenated alkanes) is 1. The summed E-state index contributed by atoms with van der Waals surface area (Å²) in [6, 6.07) is 11.6. The number of amides is 1. The molecule has 3 rings (SSSR count). The van der Waals surface area contributed by atoms with Gasteiger partial charge in [0.2, 0.25) is 0 Å². The molecule has 1 N–H and O–H groups in total. The van der Waals surface area contributed by atoms with Crippen LogP contribution in [-0.4, -0.2) is 29.0 Å². The van der Waals surface area contributed by atoms with E-state index in [0.717, 1.165) is 23.5 Å². The molecule has 140 valence electrons. The van der Waals surface area contributed by atoms with Crippen LogP contribution >= 0.6 is 11.3 Å². The molecular weight excluding hydrogens is 365 g/mol. The molecule has 0 spiro atoms. The molecule has 27 heavy (non-hydrogen) atoms. The van der Waals surface area contributed by atoms with E-state index in [-0.39, 0.29) is 11.7 Å². The third-order valence-corrected chi connectivity index (χ3v) is 5.00. The Labute approximate surface area is 161 Å². The zero-order valence-electron chi connectivity index (χ0n) is 14.9. The van der Waals surface area contributed by atoms with Gasteiger partial charge in [0.25, 0.3) is 5.91 Å². The molecule has 0 aliphatic carbocycles. The number of benzene rings is 1. The normalized spacial score (nSPS) is 10.6. The summed E-state index contributed by atoms with van der Waals surface area (Å²) in [4.78, 5) is 21.7. The molecule has 0 fully saturated rings. The molecular formula is C20H20FN3O2S. The van der Waals surface area contributed by atoms with Crippen molar-refractivity contribution in [3.05, 3.63) is 65.0 Å². The van der Waals surface area contributed by atoms with Crippen molar-refractivity contribution in [2.45, 2.75) is 19.8 Å². The van der Waals surface area contributed by atoms with E-state index in [1.165, 1.54) is 23.5 Å². The maximum atomic E-state index is 12.8. The number of pyridine rings is 1. The molecule has 7 heteroatoms. The van der Waals surface area contributed by atoms with Crippen molar-refractivity contribution in [3.8, 4) is 16.5 Å². The Morgan fingerprint density at radius 1 is 1.19 bits per heavy atom. The zero-order valence-corrected chi connectivity index (χ0v) is 15.8. The third-order valence-electron chi connectivity index (χ3n) is 3.83. The van der Waals surface area contributed by atoms with Gasteiger partial charge in [0.15, 0.2) is 0 Å². The summed E-state index contributed by atoms with van der Waals surface area (Å²) in [7, 11) is 0. The monoisotopic (exact) mass is 385 g/mol. The predicted octanol–water partition coefficient (Wildman–Crippen LogP) is 4.24. The lowest BCUT2D eigenvalue weighted by atomic mass is 10.3. The van der Waals surface area contributed by atoms with Gasteiger partial charge in [-0.05, 0) is 56.2 Å². The molecule has 0 aliphatic rings. The summed E-state index contributed by atoms with van der Waals surface area (Å²) >= 11 is 1.35. The maximum Gasteiger partial charge on any atom is 0.263 e. The quantitative estimate of drug-likeness (QED) is 0.589. The van der Waals surface area contributed by atoms with Gasteiger partial charge in [0.05, 0.1) is 18.0 Å². The summed E-state index contributed by atoms with van der Waals surface area (Å²) in [6.45, 7) is 2.90. The molecule has 1 aromatic carbocycles. The highest BCUT2D eigenvalue weighted by atomic mass is 32.1. The van der Waals surface area contributed by atoms with Gasteiger partial charge in [-0.3, -0.25) is 9.78 Å². The Morgan fingerprint density at radius 2 is 2.00 bits per heavy atom. The highest BCUT2D eigenvalue weighted by molar-refractivity contribution is 7.17. The van der Waals surface area contributed by atoms with E-state index in [1.54, 1.807) is 18.3 Å². The van der Waals surface area contributed by atoms with Crippen molar-refractivity contribution >= 4 is 17.2 Å². The number of thiazole rings is 1. The van der Waals surface area contributed by atoms with Crippen LogP contribution < -0.4 is 10.1 Å². The third kappa shape index (κ3) is 5.34. The number of hydrogen-bond acceptors (Lipinski definition) is 5. The van der Waals surface area contributed by atoms with Gasteiger partial charge in [0.1, 0.15) is 21.5 Å². The highest BCUT2D eigenvalue weighted by Crippen LogP contribution is 2.26. The van der Waals surface area contributed by atoms with Crippen LogP contribution in [-0.2, 0) is 0 Å². The first-order valence-corrected chi connectivity index (χ1v) is 9.50. The number of hydrogen-bond donors (Lipinski definition) is 1. The topological polar surface area (TPSA) is 64.1 Å². The van der Waals surface area contributed by atoms with E-state index in [0.29, 0.717) is 29.5 Å². The Hall–Kier alpha value is -2.80. The fourth-order valence-electron chi connectivity index (χ4n) is 2.44. The maximum absolute atomic E-state index is 12.8. The lowest BCUT2D eigenvalue weighted by molar-refractivity contribution is 0.0955. The molecule has 1 amide bonds. The van der Waals surface area contributed by atoms with Crippen LogP contribution in [0.5, 0.6) is 5.75 Å². The van der Waals surface area contributed by atoms with Gasteiger partial charge in [-0.25, -0.2) is 9.37 Å². The molecule has 0 bridgehead atoms. The number of carbonyl (C=O) groups excluding carboxylic acids is 1. The molecule has 0 radical (unpaired) electrons. The first kappa shape index (κ1) is 19.0. The van der Waals surface area contributed by atoms with E-state index in [2.05, 4.69) is 15.3 Å². The van der Waals surface area contributed by atoms with Crippen molar-refractivity contribution in [2.75, 3.05) is 13.2 Å². The number of ether oxygens (including phenoxy) is 1. The molecule has 2 aromatic heterocycles. The second kappa shape index (κ2) is 9.23. The van der Waals surface area contributed by atoms with Crippen LogP contribution in [0.1, 0.15) is 28.2 Å². The first-order valence-electron chi connectivity index (χ1n) is 8.69. The SMILES string of the molecule is Cc1nc(-c2ccccn2)sc1C(=O)NCCCCOc1ccc(F)cc1. The predicted molar refractivity (Wildman–Crippen MR) is 104 cm³/mol. The average molecular weight is 385 g/mol. The Kier molecular flexibility index (Phi) is 6.49. The molecule has 3 aromatic rings. The fourth-order valence-corrected chi connectivity index (χ4v) is 3.40. The van der Waals surface area contributed by atoms with E-state index in [9.17, 15) is 9.18 Å². The Morgan fingerprint density at radius 3 is 2.74 bits per heavy atom. The smallest absolute Gasteiger partial charge is 0.263 e. The minimum Gasteiger partial charge on any atom is -0.494 e. The average Bonchev–Trinajstić information content (AvgIpc) is 3.08. The van der Waals surface area contributed by atoms with Crippen molar-refractivity contribution in [1.29, 1.82) is 0 Å². The number of halogens is 1. The van der Waals surface area contributed by atoms with Crippen LogP contribution in [0.15, 0.2) is 48.7 Å². The van der Waals surface area contributed by atoms with Crippen molar-refractivity contribution in [2.24, 2.45) is 0 Å². The summed E-state index contributed by atoms with van der Waals surface area (Å²) < 4.78 is 18.3. The molecule has 0 atom stereocenters. The standard InChI is InChI=1S/C20H20FN3O2S/c1-14-18(27-20(24-14)17-6-2-3-11-22-17)19(25)23-12-4-5-13-26-16-9-7-15(21)8-10-16/h2-3,6-11H,4-5,12-13H2,1H3,(H,23,25). The second-order valence-corrected chi connectivity index (χ2v) is 6.91. The van der Waals surface area contributed by atoms with Gasteiger partial charge >= 0.3 is 0 Å². The van der Waals surface area contributed by atoms with Crippen molar-refractivity contribution in [3.63, 3.8) is 0 Å². The van der Waals surface area contributed by atoms with Crippen LogP contribution in [0.2, 0.25) is 0 Å².